The molecule has 2 amide bonds. The molecule has 1 aromatic rings. The fourth-order valence-electron chi connectivity index (χ4n) is 2.39. The second-order valence-corrected chi connectivity index (χ2v) is 5.63. The summed E-state index contributed by atoms with van der Waals surface area (Å²) in [5.74, 6) is -0.307. The molecule has 1 aliphatic rings. The summed E-state index contributed by atoms with van der Waals surface area (Å²) in [6, 6.07) is 4.61. The van der Waals surface area contributed by atoms with Crippen molar-refractivity contribution in [3.8, 4) is 0 Å². The van der Waals surface area contributed by atoms with Crippen molar-refractivity contribution < 1.29 is 9.59 Å². The summed E-state index contributed by atoms with van der Waals surface area (Å²) >= 11 is 12.0. The van der Waals surface area contributed by atoms with Crippen LogP contribution >= 0.6 is 23.2 Å². The first-order valence-corrected chi connectivity index (χ1v) is 7.24. The number of hydrogen-bond acceptors (Lipinski definition) is 3. The van der Waals surface area contributed by atoms with Crippen LogP contribution in [0.5, 0.6) is 0 Å². The lowest BCUT2D eigenvalue weighted by Gasteiger charge is -2.20. The molecule has 1 N–H and O–H groups in total. The normalized spacial score (nSPS) is 20.6. The average Bonchev–Trinajstić information content (AvgIpc) is 2.63. The Bertz CT molecular complexity index is 548. The summed E-state index contributed by atoms with van der Waals surface area (Å²) in [4.78, 5) is 25.0. The number of hydrogen-bond donors (Lipinski definition) is 1. The van der Waals surface area contributed by atoms with E-state index < -0.39 is 6.04 Å². The van der Waals surface area contributed by atoms with E-state index in [0.29, 0.717) is 16.6 Å². The van der Waals surface area contributed by atoms with E-state index in [1.54, 1.807) is 19.1 Å². The third kappa shape index (κ3) is 2.97. The highest BCUT2D eigenvalue weighted by atomic mass is 35.5. The molecule has 1 heterocycles. The van der Waals surface area contributed by atoms with Crippen molar-refractivity contribution in [2.45, 2.75) is 32.4 Å². The molecule has 0 saturated carbocycles. The number of rotatable bonds is 4. The minimum absolute atomic E-state index is 0.135. The molecule has 2 unspecified atom stereocenters. The second kappa shape index (κ2) is 6.12. The van der Waals surface area contributed by atoms with Gasteiger partial charge in [0.05, 0.1) is 12.5 Å². The molecule has 6 heteroatoms. The molecular formula is C14H16Cl2N2O2. The topological polar surface area (TPSA) is 49.4 Å². The Kier molecular flexibility index (Phi) is 4.68. The first-order chi connectivity index (χ1) is 9.43. The Morgan fingerprint density at radius 1 is 1.40 bits per heavy atom. The summed E-state index contributed by atoms with van der Waals surface area (Å²) < 4.78 is 0. The third-order valence-electron chi connectivity index (χ3n) is 3.44. The molecule has 1 saturated heterocycles. The average molecular weight is 315 g/mol. The Hall–Kier alpha value is -1.10. The molecule has 0 spiro atoms. The first-order valence-electron chi connectivity index (χ1n) is 6.49. The molecule has 4 nitrogen and oxygen atoms in total. The maximum Gasteiger partial charge on any atom is 0.246 e. The molecule has 20 heavy (non-hydrogen) atoms. The maximum atomic E-state index is 12.0. The van der Waals surface area contributed by atoms with Gasteiger partial charge in [0.1, 0.15) is 0 Å². The van der Waals surface area contributed by atoms with Crippen LogP contribution in [-0.4, -0.2) is 29.3 Å². The molecule has 2 rings (SSSR count). The summed E-state index contributed by atoms with van der Waals surface area (Å²) in [7, 11) is 0. The highest BCUT2D eigenvalue weighted by Crippen LogP contribution is 2.27. The lowest BCUT2D eigenvalue weighted by molar-refractivity contribution is -0.138. The van der Waals surface area contributed by atoms with Gasteiger partial charge in [-0.25, -0.2) is 0 Å². The zero-order chi connectivity index (χ0) is 14.9. The van der Waals surface area contributed by atoms with E-state index in [-0.39, 0.29) is 24.3 Å². The fourth-order valence-corrected chi connectivity index (χ4v) is 2.96. The minimum Gasteiger partial charge on any atom is -0.299 e. The predicted molar refractivity (Wildman–Crippen MR) is 78.8 cm³/mol. The highest BCUT2D eigenvalue weighted by molar-refractivity contribution is 6.35. The van der Waals surface area contributed by atoms with E-state index in [1.165, 1.54) is 4.90 Å². The maximum absolute atomic E-state index is 12.0. The molecule has 0 radical (unpaired) electrons. The van der Waals surface area contributed by atoms with Crippen molar-refractivity contribution in [3.63, 3.8) is 0 Å². The molecule has 108 valence electrons. The van der Waals surface area contributed by atoms with Gasteiger partial charge in [-0.1, -0.05) is 29.3 Å². The van der Waals surface area contributed by atoms with Crippen LogP contribution < -0.4 is 5.32 Å². The predicted octanol–water partition coefficient (Wildman–Crippen LogP) is 2.79. The summed E-state index contributed by atoms with van der Waals surface area (Å²) in [6.07, 6.45) is 0.197. The smallest absolute Gasteiger partial charge is 0.246 e. The van der Waals surface area contributed by atoms with Gasteiger partial charge in [-0.05, 0) is 31.5 Å². The van der Waals surface area contributed by atoms with Crippen LogP contribution in [0.3, 0.4) is 0 Å². The van der Waals surface area contributed by atoms with Crippen LogP contribution in [0.1, 0.15) is 31.9 Å². The fraction of sp³-hybridized carbons (Fsp3) is 0.429. The Morgan fingerprint density at radius 2 is 2.10 bits per heavy atom. The molecule has 0 aliphatic carbocycles. The van der Waals surface area contributed by atoms with Crippen LogP contribution in [0, 0.1) is 0 Å². The Balaban J connectivity index is 2.10. The van der Waals surface area contributed by atoms with Gasteiger partial charge in [0.25, 0.3) is 0 Å². The summed E-state index contributed by atoms with van der Waals surface area (Å²) in [6.45, 7) is 4.10. The van der Waals surface area contributed by atoms with Gasteiger partial charge in [0, 0.05) is 22.6 Å². The molecule has 1 aliphatic heterocycles. The molecule has 2 atom stereocenters. The van der Waals surface area contributed by atoms with Gasteiger partial charge in [-0.3, -0.25) is 19.8 Å². The molecule has 1 aromatic carbocycles. The lowest BCUT2D eigenvalue weighted by atomic mass is 10.1. The van der Waals surface area contributed by atoms with Crippen molar-refractivity contribution in [2.75, 3.05) is 6.54 Å². The van der Waals surface area contributed by atoms with E-state index in [1.807, 2.05) is 13.0 Å². The standard InChI is InChI=1S/C14H16Cl2N2O2/c1-3-18-13(19)7-12(14(18)20)17-8(2)10-5-4-9(15)6-11(10)16/h4-6,8,12,17H,3,7H2,1-2H3. The van der Waals surface area contributed by atoms with Crippen LogP contribution in [0.25, 0.3) is 0 Å². The molecule has 0 bridgehead atoms. The van der Waals surface area contributed by atoms with Crippen molar-refractivity contribution in [1.82, 2.24) is 10.2 Å². The first kappa shape index (κ1) is 15.3. The van der Waals surface area contributed by atoms with Gasteiger partial charge >= 0.3 is 0 Å². The van der Waals surface area contributed by atoms with Gasteiger partial charge in [0.2, 0.25) is 11.8 Å². The van der Waals surface area contributed by atoms with E-state index in [9.17, 15) is 9.59 Å². The van der Waals surface area contributed by atoms with E-state index in [0.717, 1.165) is 5.56 Å². The van der Waals surface area contributed by atoms with Crippen molar-refractivity contribution in [3.05, 3.63) is 33.8 Å². The van der Waals surface area contributed by atoms with Crippen molar-refractivity contribution in [1.29, 1.82) is 0 Å². The van der Waals surface area contributed by atoms with Crippen LogP contribution in [0.2, 0.25) is 10.0 Å². The van der Waals surface area contributed by atoms with Gasteiger partial charge in [-0.15, -0.1) is 0 Å². The lowest BCUT2D eigenvalue weighted by Crippen LogP contribution is -2.39. The number of benzene rings is 1. The minimum atomic E-state index is -0.482. The number of halogens is 2. The number of likely N-dealkylation sites (tertiary alicyclic amines) is 1. The van der Waals surface area contributed by atoms with E-state index >= 15 is 0 Å². The largest absolute Gasteiger partial charge is 0.299 e. The van der Waals surface area contributed by atoms with Crippen LogP contribution in [0.15, 0.2) is 18.2 Å². The number of carbonyl (C=O) groups is 2. The number of carbonyl (C=O) groups excluding carboxylic acids is 2. The van der Waals surface area contributed by atoms with Gasteiger partial charge in [0.15, 0.2) is 0 Å². The van der Waals surface area contributed by atoms with Gasteiger partial charge in [-0.2, -0.15) is 0 Å². The molecule has 1 fully saturated rings. The zero-order valence-electron chi connectivity index (χ0n) is 11.3. The van der Waals surface area contributed by atoms with Crippen molar-refractivity contribution >= 4 is 35.0 Å². The Morgan fingerprint density at radius 3 is 2.65 bits per heavy atom. The second-order valence-electron chi connectivity index (χ2n) is 4.79. The Labute approximate surface area is 128 Å². The van der Waals surface area contributed by atoms with Crippen LogP contribution in [-0.2, 0) is 9.59 Å². The summed E-state index contributed by atoms with van der Waals surface area (Å²) in [5, 5.41) is 4.27. The van der Waals surface area contributed by atoms with E-state index in [4.69, 9.17) is 23.2 Å². The van der Waals surface area contributed by atoms with Crippen molar-refractivity contribution in [2.24, 2.45) is 0 Å². The number of imide groups is 1. The molecular weight excluding hydrogens is 299 g/mol. The quantitative estimate of drug-likeness (QED) is 0.869. The summed E-state index contributed by atoms with van der Waals surface area (Å²) in [5.41, 5.74) is 0.853. The zero-order valence-corrected chi connectivity index (χ0v) is 12.8. The third-order valence-corrected chi connectivity index (χ3v) is 4.00. The van der Waals surface area contributed by atoms with E-state index in [2.05, 4.69) is 5.32 Å². The monoisotopic (exact) mass is 314 g/mol. The van der Waals surface area contributed by atoms with Gasteiger partial charge < -0.3 is 0 Å². The number of likely N-dealkylation sites (N-methyl/N-ethyl adjacent to an activating group) is 1. The highest BCUT2D eigenvalue weighted by Gasteiger charge is 2.38. The number of nitrogens with zero attached hydrogens (tertiary/aromatic N) is 1. The molecule has 0 aromatic heterocycles. The van der Waals surface area contributed by atoms with Crippen LogP contribution in [0.4, 0.5) is 0 Å². The number of nitrogens with one attached hydrogen (secondary N) is 1. The SMILES string of the molecule is CCN1C(=O)CC(NC(C)c2ccc(Cl)cc2Cl)C1=O. The number of amides is 2.